The molecular weight excluding hydrogens is 477 g/mol. The molecule has 8 nitrogen and oxygen atoms in total. The fraction of sp³-hybridized carbons (Fsp3) is 0.360. The Morgan fingerprint density at radius 1 is 1.08 bits per heavy atom. The Bertz CT molecular complexity index is 1230. The second kappa shape index (κ2) is 10.4. The Balaban J connectivity index is 1.54. The number of methoxy groups -OCH3 is 3. The standard InChI is InChI=1S/C25H27F3N4O4/c1-34-19-7-5-4-6-16(19)18-13-22(25(26,27)28)32-23(31-18)17(14-30-32)24(33)29-11-10-15-8-9-20(35-2)21(12-15)36-3/h4-9,12,14,18,22,31H,10-11,13H2,1-3H3,(H,29,33)/t18-,22-/m1/s1. The first kappa shape index (κ1) is 25.2. The van der Waals surface area contributed by atoms with Crippen molar-refractivity contribution in [3.05, 3.63) is 65.4 Å². The number of ether oxygens (including phenoxy) is 3. The highest BCUT2D eigenvalue weighted by Gasteiger charge is 2.47. The molecule has 0 bridgehead atoms. The van der Waals surface area contributed by atoms with Gasteiger partial charge < -0.3 is 24.8 Å². The lowest BCUT2D eigenvalue weighted by molar-refractivity contribution is -0.173. The average Bonchev–Trinajstić information content (AvgIpc) is 3.31. The van der Waals surface area contributed by atoms with E-state index in [9.17, 15) is 18.0 Å². The summed E-state index contributed by atoms with van der Waals surface area (Å²) in [5, 5.41) is 9.77. The highest BCUT2D eigenvalue weighted by Crippen LogP contribution is 2.45. The zero-order valence-electron chi connectivity index (χ0n) is 20.1. The smallest absolute Gasteiger partial charge is 0.410 e. The van der Waals surface area contributed by atoms with Crippen LogP contribution in [0.15, 0.2) is 48.7 Å². The number of nitrogens with one attached hydrogen (secondary N) is 2. The number of nitrogens with zero attached hydrogens (tertiary/aromatic N) is 2. The SMILES string of the molecule is COc1ccc(CCNC(=O)c2cnn3c2N[C@@H](c2ccccc2OC)C[C@@H]3C(F)(F)F)cc1OC. The number of fused-ring (bicyclic) bond motifs is 1. The molecule has 0 fully saturated rings. The van der Waals surface area contributed by atoms with E-state index < -0.39 is 24.2 Å². The molecular formula is C25H27F3N4O4. The molecule has 2 heterocycles. The van der Waals surface area contributed by atoms with Gasteiger partial charge in [-0.15, -0.1) is 0 Å². The molecule has 0 saturated heterocycles. The number of carbonyl (C=O) groups excluding carboxylic acids is 1. The van der Waals surface area contributed by atoms with E-state index in [1.54, 1.807) is 43.5 Å². The molecule has 1 aliphatic heterocycles. The molecule has 3 aromatic rings. The minimum absolute atomic E-state index is 0.0168. The molecule has 0 aliphatic carbocycles. The number of hydrogen-bond donors (Lipinski definition) is 2. The van der Waals surface area contributed by atoms with Crippen LogP contribution in [0.5, 0.6) is 17.2 Å². The topological polar surface area (TPSA) is 86.6 Å². The molecule has 1 aliphatic rings. The summed E-state index contributed by atoms with van der Waals surface area (Å²) in [4.78, 5) is 13.0. The summed E-state index contributed by atoms with van der Waals surface area (Å²) in [6, 6.07) is 9.68. The number of halogens is 3. The van der Waals surface area contributed by atoms with Crippen LogP contribution in [-0.2, 0) is 6.42 Å². The number of alkyl halides is 3. The third-order valence-corrected chi connectivity index (χ3v) is 6.14. The largest absolute Gasteiger partial charge is 0.496 e. The second-order valence-electron chi connectivity index (χ2n) is 8.28. The predicted molar refractivity (Wildman–Crippen MR) is 127 cm³/mol. The number of rotatable bonds is 8. The molecule has 2 aromatic carbocycles. The van der Waals surface area contributed by atoms with Crippen LogP contribution < -0.4 is 24.8 Å². The average molecular weight is 505 g/mol. The normalized spacial score (nSPS) is 17.1. The van der Waals surface area contributed by atoms with Crippen molar-refractivity contribution in [3.8, 4) is 17.2 Å². The fourth-order valence-corrected chi connectivity index (χ4v) is 4.34. The van der Waals surface area contributed by atoms with Crippen LogP contribution >= 0.6 is 0 Å². The molecule has 192 valence electrons. The summed E-state index contributed by atoms with van der Waals surface area (Å²) in [6.45, 7) is 0.261. The van der Waals surface area contributed by atoms with Crippen LogP contribution in [0.3, 0.4) is 0 Å². The number of para-hydroxylation sites is 1. The summed E-state index contributed by atoms with van der Waals surface area (Å²) < 4.78 is 58.6. The molecule has 4 rings (SSSR count). The van der Waals surface area contributed by atoms with Gasteiger partial charge in [0.15, 0.2) is 17.5 Å². The molecule has 2 N–H and O–H groups in total. The van der Waals surface area contributed by atoms with Crippen molar-refractivity contribution in [2.24, 2.45) is 0 Å². The lowest BCUT2D eigenvalue weighted by Crippen LogP contribution is -2.36. The van der Waals surface area contributed by atoms with Gasteiger partial charge in [0.05, 0.1) is 33.6 Å². The van der Waals surface area contributed by atoms with E-state index in [-0.39, 0.29) is 24.3 Å². The minimum Gasteiger partial charge on any atom is -0.496 e. The van der Waals surface area contributed by atoms with Crippen molar-refractivity contribution < 1.29 is 32.2 Å². The van der Waals surface area contributed by atoms with Crippen molar-refractivity contribution >= 4 is 11.7 Å². The maximum Gasteiger partial charge on any atom is 0.410 e. The van der Waals surface area contributed by atoms with Crippen LogP contribution in [0.1, 0.15) is 40.0 Å². The first-order chi connectivity index (χ1) is 17.3. The minimum atomic E-state index is -4.55. The molecule has 0 spiro atoms. The molecule has 2 atom stereocenters. The quantitative estimate of drug-likeness (QED) is 0.469. The number of anilines is 1. The first-order valence-electron chi connectivity index (χ1n) is 11.3. The predicted octanol–water partition coefficient (Wildman–Crippen LogP) is 4.54. The van der Waals surface area contributed by atoms with Gasteiger partial charge in [-0.05, 0) is 30.2 Å². The van der Waals surface area contributed by atoms with Crippen molar-refractivity contribution in [3.63, 3.8) is 0 Å². The van der Waals surface area contributed by atoms with Gasteiger partial charge in [0.1, 0.15) is 17.1 Å². The lowest BCUT2D eigenvalue weighted by atomic mass is 9.95. The van der Waals surface area contributed by atoms with E-state index in [0.29, 0.717) is 29.2 Å². The van der Waals surface area contributed by atoms with E-state index >= 15 is 0 Å². The molecule has 0 unspecified atom stereocenters. The van der Waals surface area contributed by atoms with E-state index in [1.165, 1.54) is 14.2 Å². The summed E-state index contributed by atoms with van der Waals surface area (Å²) in [7, 11) is 4.54. The summed E-state index contributed by atoms with van der Waals surface area (Å²) >= 11 is 0. The zero-order chi connectivity index (χ0) is 25.9. The maximum atomic E-state index is 14.0. The lowest BCUT2D eigenvalue weighted by Gasteiger charge is -2.34. The van der Waals surface area contributed by atoms with Crippen LogP contribution in [0.4, 0.5) is 19.0 Å². The zero-order valence-corrected chi connectivity index (χ0v) is 20.1. The molecule has 36 heavy (non-hydrogen) atoms. The third-order valence-electron chi connectivity index (χ3n) is 6.14. The van der Waals surface area contributed by atoms with Gasteiger partial charge in [-0.2, -0.15) is 18.3 Å². The Morgan fingerprint density at radius 3 is 2.50 bits per heavy atom. The summed E-state index contributed by atoms with van der Waals surface area (Å²) in [5.74, 6) is 1.11. The number of benzene rings is 2. The summed E-state index contributed by atoms with van der Waals surface area (Å²) in [5.41, 5.74) is 1.51. The highest BCUT2D eigenvalue weighted by atomic mass is 19.4. The maximum absolute atomic E-state index is 14.0. The Kier molecular flexibility index (Phi) is 7.27. The monoisotopic (exact) mass is 504 g/mol. The van der Waals surface area contributed by atoms with Crippen molar-refractivity contribution in [1.29, 1.82) is 0 Å². The van der Waals surface area contributed by atoms with E-state index in [4.69, 9.17) is 14.2 Å². The van der Waals surface area contributed by atoms with Gasteiger partial charge in [0.25, 0.3) is 5.91 Å². The van der Waals surface area contributed by atoms with Crippen molar-refractivity contribution in [2.45, 2.75) is 31.1 Å². The molecule has 11 heteroatoms. The number of amides is 1. The van der Waals surface area contributed by atoms with Gasteiger partial charge in [-0.25, -0.2) is 4.68 Å². The van der Waals surface area contributed by atoms with Crippen LogP contribution in [0.2, 0.25) is 0 Å². The first-order valence-corrected chi connectivity index (χ1v) is 11.3. The molecule has 0 saturated carbocycles. The molecule has 0 radical (unpaired) electrons. The van der Waals surface area contributed by atoms with E-state index in [0.717, 1.165) is 16.4 Å². The van der Waals surface area contributed by atoms with E-state index in [1.807, 2.05) is 6.07 Å². The third kappa shape index (κ3) is 5.05. The second-order valence-corrected chi connectivity index (χ2v) is 8.28. The summed E-state index contributed by atoms with van der Waals surface area (Å²) in [6.07, 6.45) is -3.20. The van der Waals surface area contributed by atoms with Gasteiger partial charge in [-0.1, -0.05) is 24.3 Å². The van der Waals surface area contributed by atoms with Crippen LogP contribution in [0.25, 0.3) is 0 Å². The number of carbonyl (C=O) groups is 1. The molecule has 1 amide bonds. The van der Waals surface area contributed by atoms with Gasteiger partial charge in [0.2, 0.25) is 0 Å². The fourth-order valence-electron chi connectivity index (χ4n) is 4.34. The van der Waals surface area contributed by atoms with Gasteiger partial charge in [-0.3, -0.25) is 4.79 Å². The van der Waals surface area contributed by atoms with Crippen molar-refractivity contribution in [1.82, 2.24) is 15.1 Å². The molecule has 1 aromatic heterocycles. The van der Waals surface area contributed by atoms with Gasteiger partial charge >= 0.3 is 6.18 Å². The van der Waals surface area contributed by atoms with Gasteiger partial charge in [0, 0.05) is 18.5 Å². The van der Waals surface area contributed by atoms with Crippen LogP contribution in [0, 0.1) is 0 Å². The van der Waals surface area contributed by atoms with E-state index in [2.05, 4.69) is 15.7 Å². The Hall–Kier alpha value is -3.89. The highest BCUT2D eigenvalue weighted by molar-refractivity contribution is 5.98. The Labute approximate surface area is 206 Å². The van der Waals surface area contributed by atoms with Crippen LogP contribution in [-0.4, -0.2) is 49.7 Å². The number of hydrogen-bond acceptors (Lipinski definition) is 6. The van der Waals surface area contributed by atoms with Crippen molar-refractivity contribution in [2.75, 3.05) is 33.2 Å². The Morgan fingerprint density at radius 2 is 1.81 bits per heavy atom. The number of aromatic nitrogens is 2.